The quantitative estimate of drug-likeness (QED) is 0.119. The van der Waals surface area contributed by atoms with Gasteiger partial charge in [0.05, 0.1) is 21.9 Å². The third kappa shape index (κ3) is 9.07. The number of hydrogen-bond donors (Lipinski definition) is 2. The largest absolute Gasteiger partial charge is 0.456 e. The first kappa shape index (κ1) is 49.1. The van der Waals surface area contributed by atoms with Gasteiger partial charge in [0, 0.05) is 125 Å². The van der Waals surface area contributed by atoms with Crippen LogP contribution in [0.5, 0.6) is 46.0 Å². The van der Waals surface area contributed by atoms with E-state index in [0.717, 1.165) is 33.5 Å². The van der Waals surface area contributed by atoms with Crippen LogP contribution in [0.1, 0.15) is 0 Å². The molecule has 16 heteroatoms. The van der Waals surface area contributed by atoms with E-state index in [0.29, 0.717) is 125 Å². The second-order valence-corrected chi connectivity index (χ2v) is 20.3. The Bertz CT molecular complexity index is 4150. The fraction of sp³-hybridized carbons (Fsp3) is 0.125. The molecule has 5 heterocycles. The Hall–Kier alpha value is -10.5. The van der Waals surface area contributed by atoms with Crippen LogP contribution in [0.3, 0.4) is 0 Å². The Kier molecular flexibility index (Phi) is 12.2. The van der Waals surface area contributed by atoms with Crippen LogP contribution in [0.25, 0.3) is 89.7 Å². The molecule has 8 aromatic carbocycles. The molecule has 0 fully saturated rings. The van der Waals surface area contributed by atoms with Gasteiger partial charge in [-0.25, -0.2) is 29.9 Å². The zero-order chi connectivity index (χ0) is 54.8. The molecule has 0 radical (unpaired) electrons. The van der Waals surface area contributed by atoms with E-state index in [1.54, 1.807) is 0 Å². The first-order chi connectivity index (χ1) is 38.9. The lowest BCUT2D eigenvalue weighted by Gasteiger charge is -2.15. The summed E-state index contributed by atoms with van der Waals surface area (Å²) in [6, 6.07) is 55.2. The van der Waals surface area contributed by atoms with Gasteiger partial charge in [-0.15, -0.1) is 0 Å². The van der Waals surface area contributed by atoms with Gasteiger partial charge in [-0.2, -0.15) is 0 Å². The average molecular weight is 1060 g/mol. The van der Waals surface area contributed by atoms with Crippen molar-refractivity contribution in [3.05, 3.63) is 170 Å². The van der Waals surface area contributed by atoms with Crippen LogP contribution in [-0.2, 0) is 0 Å². The van der Waals surface area contributed by atoms with Gasteiger partial charge >= 0.3 is 0 Å². The number of anilines is 4. The molecule has 13 rings (SSSR count). The second kappa shape index (κ2) is 19.8. The molecule has 80 heavy (non-hydrogen) atoms. The molecule has 394 valence electrons. The van der Waals surface area contributed by atoms with Crippen molar-refractivity contribution in [1.29, 1.82) is 0 Å². The molecule has 2 N–H and O–H groups in total. The van der Waals surface area contributed by atoms with E-state index in [4.69, 9.17) is 48.9 Å². The standard InChI is InChI=1S/C64H54N12O4/c1-73(2)37-17-9-21-41(33-37)77-49-29-13-25-45-53(49)61-65-57(45)70-62-55-47(27-15-31-51(55)79-43-23-11-19-39(35-43)75(5)6)59(67-62)72-64-56-48(28-16-32-52(56)80-44-24-12-20-40(36-44)76(7)8)60(68-64)71-63-54-46(58(66-63)69-61)26-14-30-50(54)78-42-22-10-18-38(34-42)74(3)4/h9-36H,1-8H3,(H2,65,66,67,68,69,70,71,72). The summed E-state index contributed by atoms with van der Waals surface area (Å²) in [4.78, 5) is 47.6. The Balaban J connectivity index is 1.12. The third-order valence-corrected chi connectivity index (χ3v) is 14.0. The monoisotopic (exact) mass is 1050 g/mol. The van der Waals surface area contributed by atoms with Gasteiger partial charge in [0.25, 0.3) is 0 Å². The van der Waals surface area contributed by atoms with E-state index in [9.17, 15) is 0 Å². The van der Waals surface area contributed by atoms with Crippen molar-refractivity contribution in [2.45, 2.75) is 0 Å². The minimum Gasteiger partial charge on any atom is -0.456 e. The highest BCUT2D eigenvalue weighted by atomic mass is 16.5. The van der Waals surface area contributed by atoms with Crippen molar-refractivity contribution < 1.29 is 18.9 Å². The fourth-order valence-corrected chi connectivity index (χ4v) is 10.0. The maximum atomic E-state index is 6.82. The fourth-order valence-electron chi connectivity index (χ4n) is 10.0. The number of rotatable bonds is 12. The third-order valence-electron chi connectivity index (χ3n) is 14.0. The topological polar surface area (TPSA) is 159 Å². The van der Waals surface area contributed by atoms with Gasteiger partial charge in [0.15, 0.2) is 23.3 Å². The maximum Gasteiger partial charge on any atom is 0.168 e. The van der Waals surface area contributed by atoms with Crippen LogP contribution in [0.4, 0.5) is 22.7 Å². The summed E-state index contributed by atoms with van der Waals surface area (Å²) < 4.78 is 27.3. The first-order valence-corrected chi connectivity index (χ1v) is 26.0. The number of hydrogen-bond acceptors (Lipinski definition) is 14. The molecule has 11 aromatic rings. The van der Waals surface area contributed by atoms with Crippen molar-refractivity contribution in [3.63, 3.8) is 0 Å². The van der Waals surface area contributed by atoms with E-state index >= 15 is 0 Å². The lowest BCUT2D eigenvalue weighted by molar-refractivity contribution is 0.484. The van der Waals surface area contributed by atoms with Crippen molar-refractivity contribution in [3.8, 4) is 91.5 Å². The van der Waals surface area contributed by atoms with E-state index in [1.165, 1.54) is 0 Å². The zero-order valence-electron chi connectivity index (χ0n) is 45.3. The zero-order valence-corrected chi connectivity index (χ0v) is 45.3. The summed E-state index contributed by atoms with van der Waals surface area (Å²) in [6.45, 7) is 0. The van der Waals surface area contributed by atoms with Crippen LogP contribution in [0.2, 0.25) is 0 Å². The van der Waals surface area contributed by atoms with Crippen LogP contribution < -0.4 is 38.5 Å². The molecule has 2 aliphatic rings. The molecule has 0 saturated carbocycles. The maximum absolute atomic E-state index is 6.82. The number of aromatic amines is 2. The normalized spacial score (nSPS) is 11.5. The molecule has 2 aliphatic heterocycles. The average Bonchev–Trinajstić information content (AvgIpc) is 4.28. The van der Waals surface area contributed by atoms with Crippen LogP contribution in [-0.4, -0.2) is 96.3 Å². The van der Waals surface area contributed by atoms with Crippen molar-refractivity contribution in [2.75, 3.05) is 76.0 Å². The number of nitrogens with one attached hydrogen (secondary N) is 2. The molecule has 8 bridgehead atoms. The number of fused-ring (bicyclic) bond motifs is 20. The number of aromatic nitrogens is 8. The molecule has 0 atom stereocenters. The lowest BCUT2D eigenvalue weighted by atomic mass is 10.1. The summed E-state index contributed by atoms with van der Waals surface area (Å²) in [5.41, 5.74) is 8.48. The highest BCUT2D eigenvalue weighted by molar-refractivity contribution is 6.10. The summed E-state index contributed by atoms with van der Waals surface area (Å²) in [5.74, 6) is 6.26. The van der Waals surface area contributed by atoms with Crippen LogP contribution in [0, 0.1) is 0 Å². The first-order valence-electron chi connectivity index (χ1n) is 26.0. The van der Waals surface area contributed by atoms with Gasteiger partial charge < -0.3 is 48.5 Å². The van der Waals surface area contributed by atoms with Gasteiger partial charge in [0.2, 0.25) is 0 Å². The van der Waals surface area contributed by atoms with Gasteiger partial charge in [0.1, 0.15) is 68.6 Å². The molecule has 0 aliphatic carbocycles. The molecule has 0 saturated heterocycles. The van der Waals surface area contributed by atoms with Crippen LogP contribution >= 0.6 is 0 Å². The number of benzene rings is 8. The Morgan fingerprint density at radius 1 is 0.300 bits per heavy atom. The molecule has 0 unspecified atom stereocenters. The molecule has 3 aromatic heterocycles. The van der Waals surface area contributed by atoms with E-state index in [1.807, 2.05) is 246 Å². The van der Waals surface area contributed by atoms with E-state index in [-0.39, 0.29) is 0 Å². The Morgan fingerprint density at radius 3 is 0.950 bits per heavy atom. The summed E-state index contributed by atoms with van der Waals surface area (Å²) in [7, 11) is 16.0. The van der Waals surface area contributed by atoms with E-state index < -0.39 is 0 Å². The van der Waals surface area contributed by atoms with Gasteiger partial charge in [-0.1, -0.05) is 72.8 Å². The Labute approximate surface area is 461 Å². The van der Waals surface area contributed by atoms with Crippen molar-refractivity contribution in [2.24, 2.45) is 0 Å². The number of nitrogens with zero attached hydrogens (tertiary/aromatic N) is 10. The molecule has 0 amide bonds. The molecule has 0 spiro atoms. The van der Waals surface area contributed by atoms with Gasteiger partial charge in [-0.3, -0.25) is 0 Å². The minimum absolute atomic E-state index is 0.363. The van der Waals surface area contributed by atoms with Gasteiger partial charge in [-0.05, 0) is 72.8 Å². The predicted molar refractivity (Wildman–Crippen MR) is 319 cm³/mol. The second-order valence-electron chi connectivity index (χ2n) is 20.3. The van der Waals surface area contributed by atoms with Crippen LogP contribution in [0.15, 0.2) is 170 Å². The number of H-pyrrole nitrogens is 2. The molecule has 16 nitrogen and oxygen atoms in total. The summed E-state index contributed by atoms with van der Waals surface area (Å²) in [5, 5.41) is 2.81. The smallest absolute Gasteiger partial charge is 0.168 e. The SMILES string of the molecule is CN(C)c1cccc(Oc2cccc3c2-c2nc-3nc3[nH]c(nc4nc(nc5[nH]c(n2)c2cccc(Oc6cccc(N(C)C)c6)c52)-c2cccc(Oc5cccc(N(C)C)c5)c2-4)c2cccc(Oc4cccc(N(C)C)c4)c32)c1. The molecular weight excluding hydrogens is 1000 g/mol. The van der Waals surface area contributed by atoms with Crippen molar-refractivity contribution >= 4 is 66.9 Å². The molecular formula is C64H54N12O4. The van der Waals surface area contributed by atoms with E-state index in [2.05, 4.69) is 9.97 Å². The lowest BCUT2D eigenvalue weighted by Crippen LogP contribution is -2.08. The summed E-state index contributed by atoms with van der Waals surface area (Å²) in [6.07, 6.45) is 0. The number of ether oxygens (including phenoxy) is 4. The minimum atomic E-state index is 0.363. The Morgan fingerprint density at radius 2 is 0.600 bits per heavy atom. The van der Waals surface area contributed by atoms with Crippen molar-refractivity contribution in [1.82, 2.24) is 39.9 Å². The highest BCUT2D eigenvalue weighted by Crippen LogP contribution is 2.47. The highest BCUT2D eigenvalue weighted by Gasteiger charge is 2.28. The predicted octanol–water partition coefficient (Wildman–Crippen LogP) is 14.3. The summed E-state index contributed by atoms with van der Waals surface area (Å²) >= 11 is 0.